The zero-order valence-electron chi connectivity index (χ0n) is 9.12. The minimum Gasteiger partial charge on any atom is -0.478 e. The quantitative estimate of drug-likeness (QED) is 0.476. The zero-order valence-corrected chi connectivity index (χ0v) is 9.12. The summed E-state index contributed by atoms with van der Waals surface area (Å²) < 4.78 is 0. The topological polar surface area (TPSA) is 148 Å². The number of hydrogen-bond donors (Lipinski definition) is 3. The first kappa shape index (κ1) is 13.4. The molecular formula is C9H10N4O5. The van der Waals surface area contributed by atoms with Crippen LogP contribution in [0.1, 0.15) is 16.8 Å². The van der Waals surface area contributed by atoms with Crippen molar-refractivity contribution in [3.05, 3.63) is 27.9 Å². The van der Waals surface area contributed by atoms with Gasteiger partial charge >= 0.3 is 5.97 Å². The Morgan fingerprint density at radius 3 is 2.72 bits per heavy atom. The van der Waals surface area contributed by atoms with Crippen molar-refractivity contribution in [2.45, 2.75) is 6.42 Å². The van der Waals surface area contributed by atoms with Crippen LogP contribution >= 0.6 is 0 Å². The second-order valence-electron chi connectivity index (χ2n) is 3.30. The van der Waals surface area contributed by atoms with E-state index in [1.807, 2.05) is 0 Å². The van der Waals surface area contributed by atoms with Gasteiger partial charge in [-0.2, -0.15) is 0 Å². The molecule has 1 rings (SSSR count). The number of anilines is 1. The van der Waals surface area contributed by atoms with Gasteiger partial charge in [0.05, 0.1) is 4.92 Å². The summed E-state index contributed by atoms with van der Waals surface area (Å²) in [6, 6.07) is 0.891. The number of aromatic carboxylic acids is 1. The van der Waals surface area contributed by atoms with Gasteiger partial charge in [-0.15, -0.1) is 0 Å². The minimum atomic E-state index is -1.35. The summed E-state index contributed by atoms with van der Waals surface area (Å²) in [7, 11) is 0. The molecule has 1 amide bonds. The SMILES string of the molecule is NC(=O)CCNc1ncc([N+](=O)[O-])cc1C(=O)O. The summed E-state index contributed by atoms with van der Waals surface area (Å²) in [4.78, 5) is 34.8. The minimum absolute atomic E-state index is 0.00226. The Hall–Kier alpha value is -2.71. The second-order valence-corrected chi connectivity index (χ2v) is 3.30. The van der Waals surface area contributed by atoms with Crippen LogP contribution in [-0.4, -0.2) is 33.4 Å². The molecule has 0 saturated heterocycles. The molecule has 0 aromatic carbocycles. The fourth-order valence-corrected chi connectivity index (χ4v) is 1.16. The van der Waals surface area contributed by atoms with Crippen molar-refractivity contribution in [1.82, 2.24) is 4.98 Å². The molecule has 96 valence electrons. The molecule has 0 atom stereocenters. The summed E-state index contributed by atoms with van der Waals surface area (Å²) in [5.41, 5.74) is 4.15. The number of carboxylic acids is 1. The number of aromatic nitrogens is 1. The normalized spacial score (nSPS) is 9.78. The van der Waals surface area contributed by atoms with E-state index in [9.17, 15) is 19.7 Å². The van der Waals surface area contributed by atoms with Gasteiger partial charge in [-0.05, 0) is 0 Å². The maximum Gasteiger partial charge on any atom is 0.339 e. The number of carbonyl (C=O) groups excluding carboxylic acids is 1. The lowest BCUT2D eigenvalue weighted by Gasteiger charge is -2.06. The van der Waals surface area contributed by atoms with E-state index in [0.717, 1.165) is 12.3 Å². The predicted octanol–water partition coefficient (Wildman–Crippen LogP) is -0.0247. The number of pyridine rings is 1. The number of carboxylic acid groups (broad SMARTS) is 1. The van der Waals surface area contributed by atoms with Crippen LogP contribution in [0.4, 0.5) is 11.5 Å². The Balaban J connectivity index is 2.93. The molecule has 0 radical (unpaired) electrons. The van der Waals surface area contributed by atoms with Gasteiger partial charge in [-0.25, -0.2) is 9.78 Å². The number of nitrogens with zero attached hydrogens (tertiary/aromatic N) is 2. The first-order valence-electron chi connectivity index (χ1n) is 4.81. The Morgan fingerprint density at radius 1 is 1.56 bits per heavy atom. The van der Waals surface area contributed by atoms with E-state index in [4.69, 9.17) is 10.8 Å². The van der Waals surface area contributed by atoms with Crippen LogP contribution in [0, 0.1) is 10.1 Å². The molecule has 0 fully saturated rings. The number of nitrogens with one attached hydrogen (secondary N) is 1. The molecule has 0 unspecified atom stereocenters. The van der Waals surface area contributed by atoms with Crippen molar-refractivity contribution in [2.24, 2.45) is 5.73 Å². The monoisotopic (exact) mass is 254 g/mol. The van der Waals surface area contributed by atoms with E-state index in [-0.39, 0.29) is 24.3 Å². The largest absolute Gasteiger partial charge is 0.478 e. The van der Waals surface area contributed by atoms with Crippen molar-refractivity contribution < 1.29 is 19.6 Å². The summed E-state index contributed by atoms with van der Waals surface area (Å²) in [6.45, 7) is 0.0976. The first-order valence-corrected chi connectivity index (χ1v) is 4.81. The number of amides is 1. The summed E-state index contributed by atoms with van der Waals surface area (Å²) in [6.07, 6.45) is 0.927. The van der Waals surface area contributed by atoms with Crippen molar-refractivity contribution in [1.29, 1.82) is 0 Å². The van der Waals surface area contributed by atoms with Gasteiger partial charge in [0, 0.05) is 19.0 Å². The summed E-state index contributed by atoms with van der Waals surface area (Å²) in [5, 5.41) is 21.9. The van der Waals surface area contributed by atoms with Gasteiger partial charge in [0.2, 0.25) is 5.91 Å². The molecule has 18 heavy (non-hydrogen) atoms. The van der Waals surface area contributed by atoms with Crippen LogP contribution in [0.15, 0.2) is 12.3 Å². The molecule has 0 aliphatic rings. The van der Waals surface area contributed by atoms with E-state index in [2.05, 4.69) is 10.3 Å². The van der Waals surface area contributed by atoms with Gasteiger partial charge in [0.15, 0.2) is 0 Å². The molecule has 0 bridgehead atoms. The highest BCUT2D eigenvalue weighted by molar-refractivity contribution is 5.93. The molecule has 4 N–H and O–H groups in total. The third-order valence-electron chi connectivity index (χ3n) is 1.98. The van der Waals surface area contributed by atoms with Gasteiger partial charge in [0.25, 0.3) is 5.69 Å². The molecule has 9 heteroatoms. The molecule has 1 aromatic rings. The van der Waals surface area contributed by atoms with Crippen molar-refractivity contribution in [3.8, 4) is 0 Å². The number of nitrogens with two attached hydrogens (primary N) is 1. The van der Waals surface area contributed by atoms with Crippen LogP contribution in [0.3, 0.4) is 0 Å². The smallest absolute Gasteiger partial charge is 0.339 e. The van der Waals surface area contributed by atoms with Crippen LogP contribution in [0.5, 0.6) is 0 Å². The van der Waals surface area contributed by atoms with Gasteiger partial charge in [0.1, 0.15) is 17.6 Å². The van der Waals surface area contributed by atoms with E-state index in [1.165, 1.54) is 0 Å². The Bertz CT molecular complexity index is 502. The molecule has 0 aliphatic carbocycles. The third-order valence-corrected chi connectivity index (χ3v) is 1.98. The predicted molar refractivity (Wildman–Crippen MR) is 60.2 cm³/mol. The van der Waals surface area contributed by atoms with Crippen molar-refractivity contribution >= 4 is 23.4 Å². The van der Waals surface area contributed by atoms with Gasteiger partial charge in [-0.1, -0.05) is 0 Å². The van der Waals surface area contributed by atoms with Crippen LogP contribution in [0.25, 0.3) is 0 Å². The lowest BCUT2D eigenvalue weighted by molar-refractivity contribution is -0.385. The molecule has 9 nitrogen and oxygen atoms in total. The van der Waals surface area contributed by atoms with Crippen LogP contribution < -0.4 is 11.1 Å². The van der Waals surface area contributed by atoms with E-state index < -0.39 is 22.5 Å². The van der Waals surface area contributed by atoms with Crippen LogP contribution in [0.2, 0.25) is 0 Å². The fourth-order valence-electron chi connectivity index (χ4n) is 1.16. The van der Waals surface area contributed by atoms with Crippen LogP contribution in [-0.2, 0) is 4.79 Å². The standard InChI is InChI=1S/C9H10N4O5/c10-7(14)1-2-11-8-6(9(15)16)3-5(4-12-8)13(17)18/h3-4H,1-2H2,(H2,10,14)(H,11,12)(H,15,16). The Morgan fingerprint density at radius 2 is 2.22 bits per heavy atom. The van der Waals surface area contributed by atoms with Crippen molar-refractivity contribution in [3.63, 3.8) is 0 Å². The molecule has 0 aliphatic heterocycles. The lowest BCUT2D eigenvalue weighted by Crippen LogP contribution is -2.17. The molecular weight excluding hydrogens is 244 g/mol. The second kappa shape index (κ2) is 5.57. The number of rotatable bonds is 6. The van der Waals surface area contributed by atoms with Crippen molar-refractivity contribution in [2.75, 3.05) is 11.9 Å². The zero-order chi connectivity index (χ0) is 13.7. The van der Waals surface area contributed by atoms with E-state index in [0.29, 0.717) is 0 Å². The molecule has 0 saturated carbocycles. The van der Waals surface area contributed by atoms with E-state index >= 15 is 0 Å². The highest BCUT2D eigenvalue weighted by Crippen LogP contribution is 2.18. The number of primary amides is 1. The van der Waals surface area contributed by atoms with Gasteiger partial charge < -0.3 is 16.2 Å². The highest BCUT2D eigenvalue weighted by atomic mass is 16.6. The average Bonchev–Trinajstić information content (AvgIpc) is 2.28. The number of hydrogen-bond acceptors (Lipinski definition) is 6. The van der Waals surface area contributed by atoms with Gasteiger partial charge in [-0.3, -0.25) is 14.9 Å². The molecule has 1 heterocycles. The number of carbonyl (C=O) groups is 2. The molecule has 1 aromatic heterocycles. The lowest BCUT2D eigenvalue weighted by atomic mass is 10.2. The number of nitro groups is 1. The molecule has 0 spiro atoms. The summed E-state index contributed by atoms with van der Waals surface area (Å²) >= 11 is 0. The Kier molecular flexibility index (Phi) is 4.13. The highest BCUT2D eigenvalue weighted by Gasteiger charge is 2.17. The maximum absolute atomic E-state index is 10.9. The third kappa shape index (κ3) is 3.40. The van der Waals surface area contributed by atoms with E-state index in [1.54, 1.807) is 0 Å². The fraction of sp³-hybridized carbons (Fsp3) is 0.222. The summed E-state index contributed by atoms with van der Waals surface area (Å²) in [5.74, 6) is -1.96. The maximum atomic E-state index is 10.9. The Labute approximate surface area is 101 Å². The first-order chi connectivity index (χ1) is 8.41. The average molecular weight is 254 g/mol.